The summed E-state index contributed by atoms with van der Waals surface area (Å²) in [5.74, 6) is -0.412. The Bertz CT molecular complexity index is 701. The molecule has 0 N–H and O–H groups in total. The summed E-state index contributed by atoms with van der Waals surface area (Å²) in [5, 5.41) is 11.0. The summed E-state index contributed by atoms with van der Waals surface area (Å²) in [5.41, 5.74) is 0.687. The third-order valence-electron chi connectivity index (χ3n) is 2.70. The minimum absolute atomic E-state index is 0.180. The molecule has 2 rings (SSSR count). The zero-order valence-electron chi connectivity index (χ0n) is 11.0. The van der Waals surface area contributed by atoms with Crippen LogP contribution in [-0.4, -0.2) is 13.3 Å². The first kappa shape index (κ1) is 15.1. The second-order valence-corrected chi connectivity index (χ2v) is 5.93. The Kier molecular flexibility index (Phi) is 4.66. The van der Waals surface area contributed by atoms with Crippen molar-refractivity contribution in [3.63, 3.8) is 0 Å². The van der Waals surface area contributed by atoms with E-state index in [4.69, 9.17) is 4.18 Å². The Hall–Kier alpha value is -2.25. The number of rotatable bonds is 6. The van der Waals surface area contributed by atoms with Crippen molar-refractivity contribution in [3.05, 3.63) is 81.9 Å². The van der Waals surface area contributed by atoms with Crippen LogP contribution in [0.1, 0.15) is 17.4 Å². The Morgan fingerprint density at radius 3 is 2.05 bits per heavy atom. The van der Waals surface area contributed by atoms with Gasteiger partial charge in [-0.1, -0.05) is 48.5 Å². The van der Waals surface area contributed by atoms with Gasteiger partial charge in [-0.05, 0) is 17.7 Å². The number of hydrogen-bond acceptors (Lipinski definition) is 5. The maximum Gasteiger partial charge on any atom is 0.355 e. The van der Waals surface area contributed by atoms with E-state index in [2.05, 4.69) is 0 Å². The van der Waals surface area contributed by atoms with E-state index in [-0.39, 0.29) is 5.56 Å². The summed E-state index contributed by atoms with van der Waals surface area (Å²) in [6, 6.07) is 16.1. The smallest absolute Gasteiger partial charge is 0.261 e. The van der Waals surface area contributed by atoms with Crippen molar-refractivity contribution in [2.24, 2.45) is 0 Å². The monoisotopic (exact) mass is 307 g/mol. The highest BCUT2D eigenvalue weighted by molar-refractivity contribution is 7.85. The molecule has 1 atom stereocenters. The van der Waals surface area contributed by atoms with Crippen LogP contribution in [0, 0.1) is 10.1 Å². The standard InChI is InChI=1S/C14H13NO5S/c16-15(17)14(13-9-5-2-6-10-13)20-21(18,19)11-12-7-3-1-4-8-12/h1-10,14H,11H2. The zero-order valence-corrected chi connectivity index (χ0v) is 11.8. The van der Waals surface area contributed by atoms with Crippen LogP contribution < -0.4 is 0 Å². The highest BCUT2D eigenvalue weighted by Gasteiger charge is 2.30. The summed E-state index contributed by atoms with van der Waals surface area (Å²) in [6.07, 6.45) is -1.74. The molecule has 0 saturated carbocycles. The molecule has 0 aliphatic rings. The molecule has 0 radical (unpaired) electrons. The lowest BCUT2D eigenvalue weighted by Gasteiger charge is -2.11. The summed E-state index contributed by atoms with van der Waals surface area (Å²) < 4.78 is 28.7. The first-order chi connectivity index (χ1) is 9.98. The average molecular weight is 307 g/mol. The molecule has 0 aliphatic heterocycles. The first-order valence-electron chi connectivity index (χ1n) is 6.11. The Balaban J connectivity index is 2.19. The SMILES string of the molecule is O=[N+]([O-])C(OS(=O)(=O)Cc1ccccc1)c1ccccc1. The maximum atomic E-state index is 12.0. The second kappa shape index (κ2) is 6.47. The second-order valence-electron chi connectivity index (χ2n) is 4.33. The first-order valence-corrected chi connectivity index (χ1v) is 7.69. The van der Waals surface area contributed by atoms with Crippen molar-refractivity contribution in [2.45, 2.75) is 12.0 Å². The van der Waals surface area contributed by atoms with E-state index in [0.29, 0.717) is 5.56 Å². The van der Waals surface area contributed by atoms with Gasteiger partial charge in [-0.3, -0.25) is 10.1 Å². The predicted molar refractivity (Wildman–Crippen MR) is 76.3 cm³/mol. The van der Waals surface area contributed by atoms with E-state index in [0.717, 1.165) is 0 Å². The predicted octanol–water partition coefficient (Wildman–Crippen LogP) is 2.51. The molecule has 0 heterocycles. The van der Waals surface area contributed by atoms with Crippen molar-refractivity contribution < 1.29 is 17.5 Å². The van der Waals surface area contributed by atoms with E-state index in [9.17, 15) is 18.5 Å². The van der Waals surface area contributed by atoms with Crippen LogP contribution in [0.5, 0.6) is 0 Å². The lowest BCUT2D eigenvalue weighted by Crippen LogP contribution is -2.20. The van der Waals surface area contributed by atoms with Gasteiger partial charge in [0.25, 0.3) is 10.1 Å². The number of hydrogen-bond donors (Lipinski definition) is 0. The lowest BCUT2D eigenvalue weighted by molar-refractivity contribution is -0.570. The topological polar surface area (TPSA) is 86.5 Å². The molecule has 110 valence electrons. The van der Waals surface area contributed by atoms with Crippen LogP contribution in [0.15, 0.2) is 60.7 Å². The Labute approximate surface area is 122 Å². The molecule has 2 aromatic carbocycles. The summed E-state index contributed by atoms with van der Waals surface area (Å²) in [7, 11) is -4.07. The van der Waals surface area contributed by atoms with Gasteiger partial charge in [0.05, 0.1) is 10.5 Å². The molecule has 0 amide bonds. The third kappa shape index (κ3) is 4.37. The molecular formula is C14H13NO5S. The molecule has 21 heavy (non-hydrogen) atoms. The van der Waals surface area contributed by atoms with Crippen LogP contribution in [0.4, 0.5) is 0 Å². The van der Waals surface area contributed by atoms with Crippen LogP contribution in [0.2, 0.25) is 0 Å². The van der Waals surface area contributed by atoms with E-state index < -0.39 is 27.0 Å². The highest BCUT2D eigenvalue weighted by atomic mass is 32.2. The molecule has 6 nitrogen and oxygen atoms in total. The number of benzene rings is 2. The van der Waals surface area contributed by atoms with Crippen molar-refractivity contribution in [1.29, 1.82) is 0 Å². The molecule has 0 bridgehead atoms. The minimum atomic E-state index is -4.07. The minimum Gasteiger partial charge on any atom is -0.261 e. The van der Waals surface area contributed by atoms with Crippen LogP contribution in [0.3, 0.4) is 0 Å². The number of nitro groups is 1. The fraction of sp³-hybridized carbons (Fsp3) is 0.143. The zero-order chi connectivity index (χ0) is 15.3. The van der Waals surface area contributed by atoms with Crippen molar-refractivity contribution in [3.8, 4) is 0 Å². The quantitative estimate of drug-likeness (QED) is 0.354. The fourth-order valence-corrected chi connectivity index (χ4v) is 2.91. The summed E-state index contributed by atoms with van der Waals surface area (Å²) in [4.78, 5) is 10.3. The highest BCUT2D eigenvalue weighted by Crippen LogP contribution is 2.22. The van der Waals surface area contributed by atoms with E-state index in [1.54, 1.807) is 48.5 Å². The molecule has 0 saturated heterocycles. The van der Waals surface area contributed by atoms with Crippen molar-refractivity contribution in [1.82, 2.24) is 0 Å². The molecule has 0 fully saturated rings. The number of nitrogens with zero attached hydrogens (tertiary/aromatic N) is 1. The summed E-state index contributed by atoms with van der Waals surface area (Å²) >= 11 is 0. The largest absolute Gasteiger partial charge is 0.355 e. The van der Waals surface area contributed by atoms with E-state index in [1.165, 1.54) is 12.1 Å². The van der Waals surface area contributed by atoms with Gasteiger partial charge < -0.3 is 0 Å². The van der Waals surface area contributed by atoms with Crippen molar-refractivity contribution >= 4 is 10.1 Å². The van der Waals surface area contributed by atoms with Crippen LogP contribution >= 0.6 is 0 Å². The van der Waals surface area contributed by atoms with Gasteiger partial charge in [-0.25, -0.2) is 0 Å². The lowest BCUT2D eigenvalue weighted by atomic mass is 10.2. The third-order valence-corrected chi connectivity index (χ3v) is 3.86. The molecule has 0 aliphatic carbocycles. The van der Waals surface area contributed by atoms with Gasteiger partial charge in [0.15, 0.2) is 0 Å². The maximum absolute atomic E-state index is 12.0. The molecule has 2 aromatic rings. The molecule has 0 aromatic heterocycles. The molecular weight excluding hydrogens is 294 g/mol. The fourth-order valence-electron chi connectivity index (χ4n) is 1.78. The van der Waals surface area contributed by atoms with Gasteiger partial charge in [0.1, 0.15) is 5.75 Å². The molecule has 0 spiro atoms. The van der Waals surface area contributed by atoms with E-state index in [1.807, 2.05) is 0 Å². The van der Waals surface area contributed by atoms with Gasteiger partial charge in [-0.15, -0.1) is 0 Å². The molecule has 7 heteroatoms. The normalized spacial score (nSPS) is 12.8. The Morgan fingerprint density at radius 2 is 1.52 bits per heavy atom. The van der Waals surface area contributed by atoms with Crippen molar-refractivity contribution in [2.75, 3.05) is 0 Å². The average Bonchev–Trinajstić information content (AvgIpc) is 2.46. The van der Waals surface area contributed by atoms with Gasteiger partial charge in [0, 0.05) is 0 Å². The molecule has 1 unspecified atom stereocenters. The van der Waals surface area contributed by atoms with Crippen LogP contribution in [0.25, 0.3) is 0 Å². The van der Waals surface area contributed by atoms with Crippen LogP contribution in [-0.2, 0) is 20.1 Å². The van der Waals surface area contributed by atoms with Gasteiger partial charge in [0.2, 0.25) is 0 Å². The van der Waals surface area contributed by atoms with E-state index >= 15 is 0 Å². The Morgan fingerprint density at radius 1 is 1.00 bits per heavy atom. The van der Waals surface area contributed by atoms with Gasteiger partial charge in [-0.2, -0.15) is 12.6 Å². The summed E-state index contributed by atoms with van der Waals surface area (Å²) in [6.45, 7) is 0. The van der Waals surface area contributed by atoms with Gasteiger partial charge >= 0.3 is 6.23 Å².